The van der Waals surface area contributed by atoms with Crippen LogP contribution < -0.4 is 5.32 Å². The highest BCUT2D eigenvalue weighted by atomic mass is 32.2. The van der Waals surface area contributed by atoms with Gasteiger partial charge in [0.1, 0.15) is 5.60 Å². The molecule has 22 heavy (non-hydrogen) atoms. The van der Waals surface area contributed by atoms with E-state index in [0.29, 0.717) is 6.04 Å². The average molecular weight is 329 g/mol. The summed E-state index contributed by atoms with van der Waals surface area (Å²) >= 11 is 1.98. The van der Waals surface area contributed by atoms with Gasteiger partial charge in [-0.25, -0.2) is 4.79 Å². The van der Waals surface area contributed by atoms with Crippen LogP contribution >= 0.6 is 11.8 Å². The van der Waals surface area contributed by atoms with E-state index in [-0.39, 0.29) is 12.1 Å². The molecule has 1 amide bonds. The lowest BCUT2D eigenvalue weighted by Gasteiger charge is -2.37. The van der Waals surface area contributed by atoms with Gasteiger partial charge in [0.05, 0.1) is 0 Å². The van der Waals surface area contributed by atoms with Crippen molar-refractivity contribution in [1.29, 1.82) is 0 Å². The second-order valence-electron chi connectivity index (χ2n) is 7.60. The van der Waals surface area contributed by atoms with Crippen LogP contribution in [0.3, 0.4) is 0 Å². The molecule has 5 heteroatoms. The largest absolute Gasteiger partial charge is 0.444 e. The van der Waals surface area contributed by atoms with Crippen molar-refractivity contribution in [1.82, 2.24) is 10.2 Å². The van der Waals surface area contributed by atoms with Crippen molar-refractivity contribution in [3.05, 3.63) is 0 Å². The molecule has 0 aromatic rings. The van der Waals surface area contributed by atoms with Crippen LogP contribution in [-0.4, -0.2) is 53.3 Å². The number of nitrogens with zero attached hydrogens (tertiary/aromatic N) is 1. The van der Waals surface area contributed by atoms with E-state index in [4.69, 9.17) is 4.74 Å². The standard InChI is InChI=1S/C17H32N2O2S/c1-17(2,3)21-16(20)19-10-6-5-7-14(19)12-18-13-8-9-15(11-13)22-4/h13-15,18H,5-12H2,1-4H3. The normalized spacial score (nSPS) is 29.6. The first-order valence-electron chi connectivity index (χ1n) is 8.65. The second kappa shape index (κ2) is 7.91. The number of rotatable bonds is 4. The van der Waals surface area contributed by atoms with Crippen molar-refractivity contribution >= 4 is 17.9 Å². The van der Waals surface area contributed by atoms with E-state index in [1.54, 1.807) is 0 Å². The first kappa shape index (κ1) is 17.9. The molecule has 1 heterocycles. The SMILES string of the molecule is CSC1CCC(NCC2CCCCN2C(=O)OC(C)(C)C)C1. The van der Waals surface area contributed by atoms with Gasteiger partial charge in [0.25, 0.3) is 0 Å². The molecule has 4 nitrogen and oxygen atoms in total. The van der Waals surface area contributed by atoms with E-state index in [1.807, 2.05) is 37.4 Å². The molecule has 1 saturated carbocycles. The van der Waals surface area contributed by atoms with Gasteiger partial charge in [0.15, 0.2) is 0 Å². The van der Waals surface area contributed by atoms with E-state index in [2.05, 4.69) is 11.6 Å². The Morgan fingerprint density at radius 3 is 2.68 bits per heavy atom. The first-order valence-corrected chi connectivity index (χ1v) is 9.93. The molecule has 0 aromatic heterocycles. The zero-order valence-electron chi connectivity index (χ0n) is 14.6. The van der Waals surface area contributed by atoms with Crippen LogP contribution in [-0.2, 0) is 4.74 Å². The van der Waals surface area contributed by atoms with E-state index >= 15 is 0 Å². The van der Waals surface area contributed by atoms with Crippen LogP contribution in [0.25, 0.3) is 0 Å². The van der Waals surface area contributed by atoms with Crippen molar-refractivity contribution in [2.75, 3.05) is 19.3 Å². The lowest BCUT2D eigenvalue weighted by molar-refractivity contribution is 0.00967. The first-order chi connectivity index (χ1) is 10.4. The molecular weight excluding hydrogens is 296 g/mol. The van der Waals surface area contributed by atoms with E-state index in [1.165, 1.54) is 25.7 Å². The number of carbonyl (C=O) groups excluding carboxylic acids is 1. The number of thioether (sulfide) groups is 1. The van der Waals surface area contributed by atoms with Crippen LogP contribution in [0.5, 0.6) is 0 Å². The van der Waals surface area contributed by atoms with E-state index in [0.717, 1.165) is 31.2 Å². The number of ether oxygens (including phenoxy) is 1. The Morgan fingerprint density at radius 1 is 1.27 bits per heavy atom. The molecule has 2 aliphatic rings. The molecule has 2 rings (SSSR count). The van der Waals surface area contributed by atoms with Gasteiger partial charge in [0, 0.05) is 30.4 Å². The van der Waals surface area contributed by atoms with Crippen molar-refractivity contribution in [2.24, 2.45) is 0 Å². The molecule has 3 unspecified atom stereocenters. The summed E-state index contributed by atoms with van der Waals surface area (Å²) in [5.41, 5.74) is -0.413. The number of hydrogen-bond donors (Lipinski definition) is 1. The molecule has 1 saturated heterocycles. The average Bonchev–Trinajstić information content (AvgIpc) is 2.91. The van der Waals surface area contributed by atoms with Crippen LogP contribution in [0.2, 0.25) is 0 Å². The third kappa shape index (κ3) is 5.34. The van der Waals surface area contributed by atoms with Crippen molar-refractivity contribution in [3.8, 4) is 0 Å². The summed E-state index contributed by atoms with van der Waals surface area (Å²) in [5, 5.41) is 4.51. The summed E-state index contributed by atoms with van der Waals surface area (Å²) in [4.78, 5) is 14.3. The summed E-state index contributed by atoms with van der Waals surface area (Å²) < 4.78 is 5.57. The minimum atomic E-state index is -0.413. The summed E-state index contributed by atoms with van der Waals surface area (Å²) in [5.74, 6) is 0. The fraction of sp³-hybridized carbons (Fsp3) is 0.941. The molecular formula is C17H32N2O2S. The minimum absolute atomic E-state index is 0.146. The van der Waals surface area contributed by atoms with Crippen LogP contribution in [0.4, 0.5) is 4.79 Å². The molecule has 0 bridgehead atoms. The van der Waals surface area contributed by atoms with Crippen molar-refractivity contribution in [2.45, 2.75) is 82.2 Å². The Hall–Kier alpha value is -0.420. The summed E-state index contributed by atoms with van der Waals surface area (Å²) in [6, 6.07) is 0.914. The van der Waals surface area contributed by atoms with Crippen LogP contribution in [0.1, 0.15) is 59.3 Å². The summed E-state index contributed by atoms with van der Waals surface area (Å²) in [6.07, 6.45) is 9.30. The van der Waals surface area contributed by atoms with E-state index in [9.17, 15) is 4.79 Å². The molecule has 1 aliphatic heterocycles. The monoisotopic (exact) mass is 328 g/mol. The molecule has 2 fully saturated rings. The van der Waals surface area contributed by atoms with Gasteiger partial charge < -0.3 is 15.0 Å². The Morgan fingerprint density at radius 2 is 2.05 bits per heavy atom. The quantitative estimate of drug-likeness (QED) is 0.855. The molecule has 3 atom stereocenters. The fourth-order valence-corrected chi connectivity index (χ4v) is 4.21. The maximum absolute atomic E-state index is 12.4. The summed E-state index contributed by atoms with van der Waals surface area (Å²) in [6.45, 7) is 7.54. The smallest absolute Gasteiger partial charge is 0.410 e. The Balaban J connectivity index is 1.83. The number of hydrogen-bond acceptors (Lipinski definition) is 4. The van der Waals surface area contributed by atoms with Gasteiger partial charge in [-0.2, -0.15) is 11.8 Å². The predicted molar refractivity (Wildman–Crippen MR) is 93.5 cm³/mol. The lowest BCUT2D eigenvalue weighted by atomic mass is 10.0. The highest BCUT2D eigenvalue weighted by molar-refractivity contribution is 7.99. The molecule has 128 valence electrons. The van der Waals surface area contributed by atoms with Gasteiger partial charge in [-0.3, -0.25) is 0 Å². The zero-order valence-corrected chi connectivity index (χ0v) is 15.4. The molecule has 0 aromatic carbocycles. The highest BCUT2D eigenvalue weighted by Crippen LogP contribution is 2.28. The Bertz CT molecular complexity index is 370. The van der Waals surface area contributed by atoms with Gasteiger partial charge in [-0.1, -0.05) is 0 Å². The van der Waals surface area contributed by atoms with Crippen molar-refractivity contribution in [3.63, 3.8) is 0 Å². The second-order valence-corrected chi connectivity index (χ2v) is 8.74. The maximum Gasteiger partial charge on any atom is 0.410 e. The Kier molecular flexibility index (Phi) is 6.45. The Labute approximate surface area is 139 Å². The van der Waals surface area contributed by atoms with Crippen LogP contribution in [0.15, 0.2) is 0 Å². The lowest BCUT2D eigenvalue weighted by Crippen LogP contribution is -2.51. The topological polar surface area (TPSA) is 41.6 Å². The molecule has 0 spiro atoms. The maximum atomic E-state index is 12.4. The number of amides is 1. The highest BCUT2D eigenvalue weighted by Gasteiger charge is 2.31. The fourth-order valence-electron chi connectivity index (χ4n) is 3.42. The zero-order chi connectivity index (χ0) is 16.2. The van der Waals surface area contributed by atoms with Crippen LogP contribution in [0, 0.1) is 0 Å². The predicted octanol–water partition coefficient (Wildman–Crippen LogP) is 3.65. The van der Waals surface area contributed by atoms with Crippen molar-refractivity contribution < 1.29 is 9.53 Å². The van der Waals surface area contributed by atoms with Gasteiger partial charge >= 0.3 is 6.09 Å². The number of nitrogens with one attached hydrogen (secondary N) is 1. The van der Waals surface area contributed by atoms with E-state index < -0.39 is 5.60 Å². The molecule has 1 N–H and O–H groups in total. The molecule has 1 aliphatic carbocycles. The number of likely N-dealkylation sites (tertiary alicyclic amines) is 1. The third-order valence-electron chi connectivity index (χ3n) is 4.62. The third-order valence-corrected chi connectivity index (χ3v) is 5.71. The minimum Gasteiger partial charge on any atom is -0.444 e. The number of piperidine rings is 1. The summed E-state index contributed by atoms with van der Waals surface area (Å²) in [7, 11) is 0. The number of carbonyl (C=O) groups is 1. The van der Waals surface area contributed by atoms with Gasteiger partial charge in [-0.15, -0.1) is 0 Å². The van der Waals surface area contributed by atoms with Gasteiger partial charge in [0.2, 0.25) is 0 Å². The molecule has 0 radical (unpaired) electrons. The van der Waals surface area contributed by atoms with Gasteiger partial charge in [-0.05, 0) is 65.6 Å².